The van der Waals surface area contributed by atoms with Crippen LogP contribution in [0.3, 0.4) is 0 Å². The van der Waals surface area contributed by atoms with E-state index in [2.05, 4.69) is 36.1 Å². The summed E-state index contributed by atoms with van der Waals surface area (Å²) >= 11 is 0. The van der Waals surface area contributed by atoms with Gasteiger partial charge in [0, 0.05) is 6.07 Å². The second-order valence-corrected chi connectivity index (χ2v) is 5.99. The van der Waals surface area contributed by atoms with Crippen molar-refractivity contribution in [3.8, 4) is 5.75 Å². The maximum absolute atomic E-state index is 13.3. The third-order valence-corrected chi connectivity index (χ3v) is 3.87. The van der Waals surface area contributed by atoms with E-state index in [0.29, 0.717) is 36.1 Å². The van der Waals surface area contributed by atoms with Gasteiger partial charge in [-0.15, -0.1) is 0 Å². The topological polar surface area (TPSA) is 99.8 Å². The lowest BCUT2D eigenvalue weighted by atomic mass is 10.3. The summed E-state index contributed by atoms with van der Waals surface area (Å²) in [5, 5.41) is 3.06. The van der Waals surface area contributed by atoms with Crippen LogP contribution < -0.4 is 20.9 Å². The predicted molar refractivity (Wildman–Crippen MR) is 106 cm³/mol. The average Bonchev–Trinajstić information content (AvgIpc) is 3.18. The highest BCUT2D eigenvalue weighted by Gasteiger charge is 2.10. The number of H-pyrrole nitrogens is 1. The van der Waals surface area contributed by atoms with Crippen molar-refractivity contribution in [2.24, 2.45) is 0 Å². The van der Waals surface area contributed by atoms with Gasteiger partial charge in [0.15, 0.2) is 11.5 Å². The molecule has 0 spiro atoms. The van der Waals surface area contributed by atoms with Gasteiger partial charge in [-0.2, -0.15) is 9.97 Å². The number of rotatable bonds is 8. The number of anilines is 3. The predicted octanol–water partition coefficient (Wildman–Crippen LogP) is 3.56. The number of ether oxygens (including phenoxy) is 1. The Balaban J connectivity index is 1.42. The molecule has 2 heterocycles. The van der Waals surface area contributed by atoms with Crippen LogP contribution in [0.5, 0.6) is 5.75 Å². The molecule has 0 saturated heterocycles. The van der Waals surface area contributed by atoms with Gasteiger partial charge in [0.25, 0.3) is 0 Å². The molecule has 0 amide bonds. The number of halogens is 2. The Morgan fingerprint density at radius 2 is 1.76 bits per heavy atom. The fourth-order valence-corrected chi connectivity index (χ4v) is 2.61. The fraction of sp³-hybridized carbons (Fsp3) is 0.105. The number of benzene rings is 2. The minimum absolute atomic E-state index is 0.208. The van der Waals surface area contributed by atoms with Gasteiger partial charge in [0.1, 0.15) is 29.5 Å². The van der Waals surface area contributed by atoms with Crippen LogP contribution in [0.1, 0.15) is 0 Å². The van der Waals surface area contributed by atoms with E-state index in [1.54, 1.807) is 0 Å². The second-order valence-electron chi connectivity index (χ2n) is 5.99. The summed E-state index contributed by atoms with van der Waals surface area (Å²) in [5.41, 5.74) is 6.73. The van der Waals surface area contributed by atoms with E-state index in [9.17, 15) is 8.78 Å². The third-order valence-electron chi connectivity index (χ3n) is 3.87. The first-order chi connectivity index (χ1) is 14.2. The van der Waals surface area contributed by atoms with Gasteiger partial charge < -0.3 is 15.0 Å². The van der Waals surface area contributed by atoms with Crippen LogP contribution in [-0.4, -0.2) is 33.1 Å². The minimum atomic E-state index is -0.690. The number of hydrogen-bond acceptors (Lipinski definition) is 7. The molecule has 4 N–H and O–H groups in total. The molecular weight excluding hydrogens is 380 g/mol. The number of nitrogens with one attached hydrogen (secondary N) is 4. The highest BCUT2D eigenvalue weighted by Crippen LogP contribution is 2.20. The maximum Gasteiger partial charge on any atom is 0.227 e. The summed E-state index contributed by atoms with van der Waals surface area (Å²) in [6, 6.07) is 12.5. The highest BCUT2D eigenvalue weighted by molar-refractivity contribution is 5.84. The molecule has 148 valence electrons. The Morgan fingerprint density at radius 3 is 2.55 bits per heavy atom. The fourth-order valence-electron chi connectivity index (χ4n) is 2.61. The molecule has 0 aliphatic heterocycles. The van der Waals surface area contributed by atoms with Crippen LogP contribution in [-0.2, 0) is 0 Å². The first-order valence-corrected chi connectivity index (χ1v) is 8.78. The van der Waals surface area contributed by atoms with E-state index in [0.717, 1.165) is 23.9 Å². The number of hydrogen-bond donors (Lipinski definition) is 4. The van der Waals surface area contributed by atoms with Crippen LogP contribution in [0.15, 0.2) is 54.9 Å². The van der Waals surface area contributed by atoms with Crippen LogP contribution in [0.2, 0.25) is 0 Å². The van der Waals surface area contributed by atoms with E-state index in [1.807, 2.05) is 30.3 Å². The molecule has 0 fully saturated rings. The lowest BCUT2D eigenvalue weighted by Crippen LogP contribution is -2.16. The van der Waals surface area contributed by atoms with Crippen molar-refractivity contribution in [1.82, 2.24) is 19.9 Å². The highest BCUT2D eigenvalue weighted by atomic mass is 19.1. The zero-order valence-corrected chi connectivity index (χ0v) is 15.1. The van der Waals surface area contributed by atoms with Gasteiger partial charge in [-0.1, -0.05) is 18.2 Å². The number of fused-ring (bicyclic) bond motifs is 1. The zero-order chi connectivity index (χ0) is 20.1. The number of hydrazine groups is 1. The number of nitrogens with zero attached hydrogens (tertiary/aromatic N) is 3. The summed E-state index contributed by atoms with van der Waals surface area (Å²) in [7, 11) is 0. The third kappa shape index (κ3) is 4.67. The van der Waals surface area contributed by atoms with Gasteiger partial charge >= 0.3 is 0 Å². The standard InChI is InChI=1S/C19H17F2N7O/c20-12-8-13(21)10-14(9-12)27-28-18-16-17(24-11-23-16)25-19(26-18)22-6-7-29-15-4-2-1-3-5-15/h1-5,8-11,27H,6-7H2,(H3,22,23,24,25,26,28). The lowest BCUT2D eigenvalue weighted by molar-refractivity contribution is 0.332. The summed E-state index contributed by atoms with van der Waals surface area (Å²) in [6.45, 7) is 0.877. The molecule has 0 radical (unpaired) electrons. The summed E-state index contributed by atoms with van der Waals surface area (Å²) in [6.07, 6.45) is 1.48. The van der Waals surface area contributed by atoms with Gasteiger partial charge in [-0.3, -0.25) is 10.9 Å². The van der Waals surface area contributed by atoms with Crippen molar-refractivity contribution in [2.75, 3.05) is 29.3 Å². The van der Waals surface area contributed by atoms with Crippen molar-refractivity contribution in [1.29, 1.82) is 0 Å². The minimum Gasteiger partial charge on any atom is -0.492 e. The Hall–Kier alpha value is -3.95. The van der Waals surface area contributed by atoms with Crippen LogP contribution in [0.25, 0.3) is 11.2 Å². The zero-order valence-electron chi connectivity index (χ0n) is 15.1. The largest absolute Gasteiger partial charge is 0.492 e. The summed E-state index contributed by atoms with van der Waals surface area (Å²) < 4.78 is 32.3. The Labute approximate surface area is 164 Å². The van der Waals surface area contributed by atoms with Crippen LogP contribution in [0, 0.1) is 11.6 Å². The molecule has 0 atom stereocenters. The van der Waals surface area contributed by atoms with Crippen molar-refractivity contribution in [2.45, 2.75) is 0 Å². The molecule has 0 saturated carbocycles. The Morgan fingerprint density at radius 1 is 0.966 bits per heavy atom. The van der Waals surface area contributed by atoms with Gasteiger partial charge in [0.2, 0.25) is 5.95 Å². The average molecular weight is 397 g/mol. The summed E-state index contributed by atoms with van der Waals surface area (Å²) in [5.74, 6) is 0.0837. The molecule has 2 aromatic heterocycles. The molecule has 4 aromatic rings. The SMILES string of the molecule is Fc1cc(F)cc(NNc2nc(NCCOc3ccccc3)nc3nc[nH]c23)c1. The Bertz CT molecular complexity index is 1080. The van der Waals surface area contributed by atoms with Gasteiger partial charge in [-0.25, -0.2) is 13.8 Å². The molecule has 8 nitrogen and oxygen atoms in total. The van der Waals surface area contributed by atoms with Crippen LogP contribution >= 0.6 is 0 Å². The molecule has 0 aliphatic carbocycles. The molecule has 0 aliphatic rings. The summed E-state index contributed by atoms with van der Waals surface area (Å²) in [4.78, 5) is 15.7. The monoisotopic (exact) mass is 397 g/mol. The van der Waals surface area contributed by atoms with Crippen molar-refractivity contribution in [3.05, 3.63) is 66.5 Å². The van der Waals surface area contributed by atoms with E-state index in [4.69, 9.17) is 4.74 Å². The Kier molecular flexibility index (Phi) is 5.32. The van der Waals surface area contributed by atoms with Gasteiger partial charge in [-0.05, 0) is 24.3 Å². The molecular formula is C19H17F2N7O. The normalized spacial score (nSPS) is 10.7. The van der Waals surface area contributed by atoms with E-state index < -0.39 is 11.6 Å². The molecule has 10 heteroatoms. The molecule has 4 rings (SSSR count). The number of aromatic amines is 1. The van der Waals surface area contributed by atoms with E-state index in [-0.39, 0.29) is 5.69 Å². The van der Waals surface area contributed by atoms with Gasteiger partial charge in [0.05, 0.1) is 18.6 Å². The number of para-hydroxylation sites is 1. The first-order valence-electron chi connectivity index (χ1n) is 8.78. The first kappa shape index (κ1) is 18.4. The number of aromatic nitrogens is 4. The second kappa shape index (κ2) is 8.38. The van der Waals surface area contributed by atoms with Crippen molar-refractivity contribution < 1.29 is 13.5 Å². The number of imidazole rings is 1. The lowest BCUT2D eigenvalue weighted by Gasteiger charge is -2.12. The van der Waals surface area contributed by atoms with Crippen LogP contribution in [0.4, 0.5) is 26.2 Å². The van der Waals surface area contributed by atoms with E-state index in [1.165, 1.54) is 6.33 Å². The van der Waals surface area contributed by atoms with Crippen molar-refractivity contribution in [3.63, 3.8) is 0 Å². The molecule has 29 heavy (non-hydrogen) atoms. The van der Waals surface area contributed by atoms with Crippen molar-refractivity contribution >= 4 is 28.6 Å². The molecule has 0 bridgehead atoms. The maximum atomic E-state index is 13.3. The molecule has 0 unspecified atom stereocenters. The van der Waals surface area contributed by atoms with E-state index >= 15 is 0 Å². The molecule has 2 aromatic carbocycles. The smallest absolute Gasteiger partial charge is 0.227 e. The quantitative estimate of drug-likeness (QED) is 0.266.